The smallest absolute Gasteiger partial charge is 0.252 e. The van der Waals surface area contributed by atoms with Gasteiger partial charge in [-0.1, -0.05) is 20.3 Å². The molecule has 0 aliphatic heterocycles. The first-order chi connectivity index (χ1) is 8.10. The molecule has 4 nitrogen and oxygen atoms in total. The van der Waals surface area contributed by atoms with Crippen molar-refractivity contribution in [1.82, 2.24) is 9.97 Å². The van der Waals surface area contributed by atoms with E-state index in [0.717, 1.165) is 5.92 Å². The maximum Gasteiger partial charge on any atom is 0.252 e. The van der Waals surface area contributed by atoms with Crippen LogP contribution < -0.4 is 10.9 Å². The lowest BCUT2D eigenvalue weighted by atomic mass is 9.93. The zero-order valence-corrected chi connectivity index (χ0v) is 10.8. The zero-order valence-electron chi connectivity index (χ0n) is 10.8. The highest BCUT2D eigenvalue weighted by molar-refractivity contribution is 5.34. The van der Waals surface area contributed by atoms with Gasteiger partial charge >= 0.3 is 0 Å². The van der Waals surface area contributed by atoms with Crippen LogP contribution in [0.25, 0.3) is 0 Å². The Hall–Kier alpha value is -1.32. The van der Waals surface area contributed by atoms with Crippen LogP contribution in [0.5, 0.6) is 0 Å². The third kappa shape index (κ3) is 2.68. The second-order valence-corrected chi connectivity index (χ2v) is 5.07. The van der Waals surface area contributed by atoms with Gasteiger partial charge < -0.3 is 10.3 Å². The first-order valence-electron chi connectivity index (χ1n) is 6.44. The number of H-pyrrole nitrogens is 1. The van der Waals surface area contributed by atoms with Gasteiger partial charge in [-0.25, -0.2) is 4.98 Å². The zero-order chi connectivity index (χ0) is 12.4. The molecule has 17 heavy (non-hydrogen) atoms. The summed E-state index contributed by atoms with van der Waals surface area (Å²) in [5, 5.41) is 3.41. The van der Waals surface area contributed by atoms with Crippen LogP contribution in [0.1, 0.15) is 38.9 Å². The number of rotatable bonds is 3. The van der Waals surface area contributed by atoms with Crippen molar-refractivity contribution in [2.75, 3.05) is 5.32 Å². The van der Waals surface area contributed by atoms with Crippen molar-refractivity contribution in [3.8, 4) is 0 Å². The van der Waals surface area contributed by atoms with Gasteiger partial charge in [0.05, 0.1) is 0 Å². The average Bonchev–Trinajstić information content (AvgIpc) is 2.58. The lowest BCUT2D eigenvalue weighted by molar-refractivity contribution is 0.391. The third-order valence-corrected chi connectivity index (χ3v) is 3.94. The molecule has 1 fully saturated rings. The van der Waals surface area contributed by atoms with Gasteiger partial charge in [0, 0.05) is 12.1 Å². The molecule has 0 bridgehead atoms. The van der Waals surface area contributed by atoms with E-state index in [0.29, 0.717) is 23.6 Å². The Morgan fingerprint density at radius 2 is 2.29 bits per heavy atom. The second kappa shape index (κ2) is 4.90. The average molecular weight is 235 g/mol. The van der Waals surface area contributed by atoms with Crippen LogP contribution in [0, 0.1) is 18.8 Å². The van der Waals surface area contributed by atoms with Crippen LogP contribution in [0.2, 0.25) is 0 Å². The molecule has 0 aromatic carbocycles. The Morgan fingerprint density at radius 1 is 1.53 bits per heavy atom. The van der Waals surface area contributed by atoms with E-state index in [-0.39, 0.29) is 5.56 Å². The molecule has 1 heterocycles. The Bertz CT molecular complexity index is 441. The summed E-state index contributed by atoms with van der Waals surface area (Å²) in [5.41, 5.74) is -0.0855. The first kappa shape index (κ1) is 12.1. The predicted octanol–water partition coefficient (Wildman–Crippen LogP) is 2.31. The number of nitrogens with one attached hydrogen (secondary N) is 2. The Balaban J connectivity index is 2.09. The van der Waals surface area contributed by atoms with E-state index >= 15 is 0 Å². The minimum Gasteiger partial charge on any atom is -0.367 e. The van der Waals surface area contributed by atoms with Gasteiger partial charge in [0.2, 0.25) is 0 Å². The van der Waals surface area contributed by atoms with Crippen molar-refractivity contribution < 1.29 is 0 Å². The van der Waals surface area contributed by atoms with Gasteiger partial charge in [-0.3, -0.25) is 4.79 Å². The highest BCUT2D eigenvalue weighted by Gasteiger charge is 2.31. The molecule has 4 heteroatoms. The normalized spacial score (nSPS) is 28.3. The molecular weight excluding hydrogens is 214 g/mol. The summed E-state index contributed by atoms with van der Waals surface area (Å²) in [7, 11) is 0. The monoisotopic (exact) mass is 235 g/mol. The van der Waals surface area contributed by atoms with Crippen molar-refractivity contribution in [3.63, 3.8) is 0 Å². The standard InChI is InChI=1S/C13H21N3O/c1-4-10-5-6-11(8(10)2)16-12-7-13(17)15-9(3)14-12/h7-8,10-11H,4-6H2,1-3H3,(H2,14,15,16,17). The van der Waals surface area contributed by atoms with E-state index in [9.17, 15) is 4.79 Å². The van der Waals surface area contributed by atoms with E-state index in [4.69, 9.17) is 0 Å². The molecule has 0 saturated heterocycles. The summed E-state index contributed by atoms with van der Waals surface area (Å²) in [6, 6.07) is 1.99. The van der Waals surface area contributed by atoms with Crippen molar-refractivity contribution >= 4 is 5.82 Å². The number of hydrogen-bond donors (Lipinski definition) is 2. The summed E-state index contributed by atoms with van der Waals surface area (Å²) in [6.07, 6.45) is 3.69. The lowest BCUT2D eigenvalue weighted by Gasteiger charge is -2.21. The number of anilines is 1. The van der Waals surface area contributed by atoms with E-state index in [1.54, 1.807) is 13.0 Å². The van der Waals surface area contributed by atoms with Gasteiger partial charge in [0.15, 0.2) is 0 Å². The van der Waals surface area contributed by atoms with Crippen LogP contribution >= 0.6 is 0 Å². The third-order valence-electron chi connectivity index (χ3n) is 3.94. The maximum absolute atomic E-state index is 11.4. The molecule has 0 amide bonds. The minimum atomic E-state index is -0.0855. The van der Waals surface area contributed by atoms with Crippen molar-refractivity contribution in [2.24, 2.45) is 11.8 Å². The van der Waals surface area contributed by atoms with Crippen molar-refractivity contribution in [1.29, 1.82) is 0 Å². The SMILES string of the molecule is CCC1CCC(Nc2cc(=O)[nH]c(C)n2)C1C. The molecule has 3 atom stereocenters. The number of hydrogen-bond acceptors (Lipinski definition) is 3. The fourth-order valence-electron chi connectivity index (χ4n) is 2.87. The van der Waals surface area contributed by atoms with Gasteiger partial charge in [-0.15, -0.1) is 0 Å². The first-order valence-corrected chi connectivity index (χ1v) is 6.44. The van der Waals surface area contributed by atoms with Crippen LogP contribution in [-0.2, 0) is 0 Å². The number of aromatic amines is 1. The molecule has 1 aliphatic carbocycles. The van der Waals surface area contributed by atoms with E-state index in [1.165, 1.54) is 19.3 Å². The van der Waals surface area contributed by atoms with Crippen LogP contribution in [0.3, 0.4) is 0 Å². The second-order valence-electron chi connectivity index (χ2n) is 5.07. The van der Waals surface area contributed by atoms with Gasteiger partial charge in [0.25, 0.3) is 5.56 Å². The molecule has 0 spiro atoms. The molecule has 2 N–H and O–H groups in total. The minimum absolute atomic E-state index is 0.0855. The Morgan fingerprint density at radius 3 is 2.88 bits per heavy atom. The van der Waals surface area contributed by atoms with Gasteiger partial charge in [-0.05, 0) is 31.6 Å². The molecule has 1 aliphatic rings. The van der Waals surface area contributed by atoms with Gasteiger partial charge in [0.1, 0.15) is 11.6 Å². The number of nitrogens with zero attached hydrogens (tertiary/aromatic N) is 1. The molecule has 2 rings (SSSR count). The van der Waals surface area contributed by atoms with E-state index in [1.807, 2.05) is 0 Å². The van der Waals surface area contributed by atoms with Crippen molar-refractivity contribution in [2.45, 2.75) is 46.1 Å². The quantitative estimate of drug-likeness (QED) is 0.845. The van der Waals surface area contributed by atoms with Gasteiger partial charge in [-0.2, -0.15) is 0 Å². The molecule has 1 aromatic heterocycles. The van der Waals surface area contributed by atoms with Crippen LogP contribution in [0.15, 0.2) is 10.9 Å². The highest BCUT2D eigenvalue weighted by Crippen LogP contribution is 2.35. The summed E-state index contributed by atoms with van der Waals surface area (Å²) < 4.78 is 0. The summed E-state index contributed by atoms with van der Waals surface area (Å²) in [5.74, 6) is 2.83. The molecular formula is C13H21N3O. The highest BCUT2D eigenvalue weighted by atomic mass is 16.1. The number of aromatic nitrogens is 2. The number of aryl methyl sites for hydroxylation is 1. The molecule has 1 aromatic rings. The van der Waals surface area contributed by atoms with E-state index < -0.39 is 0 Å². The molecule has 94 valence electrons. The van der Waals surface area contributed by atoms with Crippen LogP contribution in [0.4, 0.5) is 5.82 Å². The summed E-state index contributed by atoms with van der Waals surface area (Å²) in [4.78, 5) is 18.3. The Labute approximate surface area is 102 Å². The largest absolute Gasteiger partial charge is 0.367 e. The predicted molar refractivity (Wildman–Crippen MR) is 69.2 cm³/mol. The molecule has 1 saturated carbocycles. The topological polar surface area (TPSA) is 57.8 Å². The lowest BCUT2D eigenvalue weighted by Crippen LogP contribution is -2.26. The van der Waals surface area contributed by atoms with Crippen LogP contribution in [-0.4, -0.2) is 16.0 Å². The fraction of sp³-hybridized carbons (Fsp3) is 0.692. The van der Waals surface area contributed by atoms with Crippen molar-refractivity contribution in [3.05, 3.63) is 22.2 Å². The molecule has 0 radical (unpaired) electrons. The van der Waals surface area contributed by atoms with E-state index in [2.05, 4.69) is 29.1 Å². The fourth-order valence-corrected chi connectivity index (χ4v) is 2.87. The summed E-state index contributed by atoms with van der Waals surface area (Å²) >= 11 is 0. The summed E-state index contributed by atoms with van der Waals surface area (Å²) in [6.45, 7) is 6.34. The molecule has 3 unspecified atom stereocenters. The maximum atomic E-state index is 11.4. The Kier molecular flexibility index (Phi) is 3.50.